The van der Waals surface area contributed by atoms with Crippen molar-refractivity contribution in [2.45, 2.75) is 25.3 Å². The molecule has 0 aromatic heterocycles. The highest BCUT2D eigenvalue weighted by molar-refractivity contribution is 6.34. The van der Waals surface area contributed by atoms with Crippen LogP contribution in [-0.4, -0.2) is 41.1 Å². The number of likely N-dealkylation sites (tertiary alicyclic amines) is 1. The van der Waals surface area contributed by atoms with Crippen molar-refractivity contribution in [2.75, 3.05) is 13.2 Å². The van der Waals surface area contributed by atoms with Gasteiger partial charge in [0.2, 0.25) is 5.91 Å². The second-order valence-corrected chi connectivity index (χ2v) is 7.32. The number of carbonyl (C=O) groups is 2. The Labute approximate surface area is 167 Å². The zero-order chi connectivity index (χ0) is 19.4. The third kappa shape index (κ3) is 5.15. The summed E-state index contributed by atoms with van der Waals surface area (Å²) in [6.07, 6.45) is 1.90. The van der Waals surface area contributed by atoms with Gasteiger partial charge in [0.15, 0.2) is 0 Å². The molecule has 0 radical (unpaired) electrons. The van der Waals surface area contributed by atoms with Gasteiger partial charge in [0, 0.05) is 23.0 Å². The van der Waals surface area contributed by atoms with Gasteiger partial charge in [-0.1, -0.05) is 35.3 Å². The predicted octanol–water partition coefficient (Wildman–Crippen LogP) is 4.30. The lowest BCUT2D eigenvalue weighted by Crippen LogP contribution is -2.38. The Morgan fingerprint density at radius 1 is 1.15 bits per heavy atom. The molecule has 1 aliphatic heterocycles. The number of benzene rings is 2. The SMILES string of the molecule is O=C(O)c1ccc(CCN2C(=O)CC[C@@H]2COc2cc(Cl)cc(Cl)c2)cc1. The van der Waals surface area contributed by atoms with Crippen LogP contribution in [-0.2, 0) is 11.2 Å². The van der Waals surface area contributed by atoms with Crippen molar-refractivity contribution in [1.29, 1.82) is 0 Å². The lowest BCUT2D eigenvalue weighted by atomic mass is 10.1. The van der Waals surface area contributed by atoms with Crippen LogP contribution in [0.1, 0.15) is 28.8 Å². The molecule has 1 N–H and O–H groups in total. The average Bonchev–Trinajstić information content (AvgIpc) is 2.97. The van der Waals surface area contributed by atoms with Crippen LogP contribution in [0.25, 0.3) is 0 Å². The molecule has 5 nitrogen and oxygen atoms in total. The summed E-state index contributed by atoms with van der Waals surface area (Å²) >= 11 is 12.0. The fourth-order valence-corrected chi connectivity index (χ4v) is 3.65. The number of rotatable bonds is 7. The molecule has 2 aromatic carbocycles. The Morgan fingerprint density at radius 3 is 2.44 bits per heavy atom. The number of nitrogens with zero attached hydrogens (tertiary/aromatic N) is 1. The van der Waals surface area contributed by atoms with Crippen molar-refractivity contribution in [3.63, 3.8) is 0 Å². The van der Waals surface area contributed by atoms with Gasteiger partial charge in [-0.05, 0) is 48.7 Å². The molecule has 0 saturated carbocycles. The molecule has 0 unspecified atom stereocenters. The van der Waals surface area contributed by atoms with Crippen LogP contribution in [0.3, 0.4) is 0 Å². The van der Waals surface area contributed by atoms with Crippen molar-refractivity contribution in [1.82, 2.24) is 4.90 Å². The standard InChI is InChI=1S/C20H19Cl2NO4/c21-15-9-16(22)11-18(10-15)27-12-17-5-6-19(24)23(17)8-7-13-1-3-14(4-2-13)20(25)26/h1-4,9-11,17H,5-8,12H2,(H,25,26)/t17-/m1/s1. The van der Waals surface area contributed by atoms with E-state index < -0.39 is 5.97 Å². The minimum Gasteiger partial charge on any atom is -0.491 e. The quantitative estimate of drug-likeness (QED) is 0.742. The molecule has 1 fully saturated rings. The molecular formula is C20H19Cl2NO4. The van der Waals surface area contributed by atoms with E-state index >= 15 is 0 Å². The molecule has 1 heterocycles. The fourth-order valence-electron chi connectivity index (χ4n) is 3.14. The number of aromatic carboxylic acids is 1. The molecule has 7 heteroatoms. The van der Waals surface area contributed by atoms with E-state index in [4.69, 9.17) is 33.0 Å². The molecule has 27 heavy (non-hydrogen) atoms. The summed E-state index contributed by atoms with van der Waals surface area (Å²) in [6.45, 7) is 0.940. The minimum atomic E-state index is -0.949. The first-order valence-corrected chi connectivity index (χ1v) is 9.38. The van der Waals surface area contributed by atoms with Gasteiger partial charge in [-0.2, -0.15) is 0 Å². The van der Waals surface area contributed by atoms with Crippen molar-refractivity contribution in [2.24, 2.45) is 0 Å². The molecule has 1 saturated heterocycles. The molecule has 2 aromatic rings. The van der Waals surface area contributed by atoms with Crippen LogP contribution < -0.4 is 4.74 Å². The van der Waals surface area contributed by atoms with E-state index in [0.717, 1.165) is 12.0 Å². The van der Waals surface area contributed by atoms with Crippen molar-refractivity contribution >= 4 is 35.1 Å². The van der Waals surface area contributed by atoms with Gasteiger partial charge >= 0.3 is 5.97 Å². The van der Waals surface area contributed by atoms with E-state index in [1.165, 1.54) is 0 Å². The van der Waals surface area contributed by atoms with Crippen LogP contribution in [0.5, 0.6) is 5.75 Å². The van der Waals surface area contributed by atoms with Crippen LogP contribution in [0.2, 0.25) is 10.0 Å². The summed E-state index contributed by atoms with van der Waals surface area (Å²) in [4.78, 5) is 25.0. The number of carboxylic acids is 1. The summed E-state index contributed by atoms with van der Waals surface area (Å²) < 4.78 is 5.80. The lowest BCUT2D eigenvalue weighted by molar-refractivity contribution is -0.129. The molecular weight excluding hydrogens is 389 g/mol. The smallest absolute Gasteiger partial charge is 0.335 e. The normalized spacial score (nSPS) is 16.6. The number of carbonyl (C=O) groups excluding carboxylic acids is 1. The average molecular weight is 408 g/mol. The van der Waals surface area contributed by atoms with Gasteiger partial charge in [-0.3, -0.25) is 4.79 Å². The van der Waals surface area contributed by atoms with E-state index in [0.29, 0.717) is 41.8 Å². The number of carboxylic acid groups (broad SMARTS) is 1. The first-order chi connectivity index (χ1) is 12.9. The van der Waals surface area contributed by atoms with Crippen LogP contribution >= 0.6 is 23.2 Å². The van der Waals surface area contributed by atoms with E-state index in [1.807, 2.05) is 4.90 Å². The lowest BCUT2D eigenvalue weighted by Gasteiger charge is -2.25. The van der Waals surface area contributed by atoms with E-state index in [9.17, 15) is 9.59 Å². The molecule has 0 spiro atoms. The molecule has 1 amide bonds. The highest BCUT2D eigenvalue weighted by Gasteiger charge is 2.31. The van der Waals surface area contributed by atoms with Crippen molar-refractivity contribution in [3.05, 3.63) is 63.6 Å². The second kappa shape index (κ2) is 8.63. The number of amides is 1. The minimum absolute atomic E-state index is 0.00597. The number of halogens is 2. The van der Waals surface area contributed by atoms with Crippen molar-refractivity contribution < 1.29 is 19.4 Å². The zero-order valence-electron chi connectivity index (χ0n) is 14.5. The number of hydrogen-bond donors (Lipinski definition) is 1. The molecule has 0 bridgehead atoms. The Balaban J connectivity index is 1.58. The van der Waals surface area contributed by atoms with Gasteiger partial charge in [0.1, 0.15) is 12.4 Å². The topological polar surface area (TPSA) is 66.8 Å². The molecule has 1 aliphatic rings. The monoisotopic (exact) mass is 407 g/mol. The summed E-state index contributed by atoms with van der Waals surface area (Å²) in [5, 5.41) is 9.95. The maximum atomic E-state index is 12.2. The number of ether oxygens (including phenoxy) is 1. The number of hydrogen-bond acceptors (Lipinski definition) is 3. The van der Waals surface area contributed by atoms with Gasteiger partial charge in [0.05, 0.1) is 11.6 Å². The van der Waals surface area contributed by atoms with Gasteiger partial charge in [0.25, 0.3) is 0 Å². The Morgan fingerprint density at radius 2 is 1.81 bits per heavy atom. The fraction of sp³-hybridized carbons (Fsp3) is 0.300. The van der Waals surface area contributed by atoms with E-state index in [-0.39, 0.29) is 17.5 Å². The summed E-state index contributed by atoms with van der Waals surface area (Å²) in [5.74, 6) is -0.263. The summed E-state index contributed by atoms with van der Waals surface area (Å²) in [6, 6.07) is 11.7. The predicted molar refractivity (Wildman–Crippen MR) is 104 cm³/mol. The van der Waals surface area contributed by atoms with Crippen molar-refractivity contribution in [3.8, 4) is 5.75 Å². The Kier molecular flexibility index (Phi) is 6.24. The largest absolute Gasteiger partial charge is 0.491 e. The Bertz CT molecular complexity index is 818. The second-order valence-electron chi connectivity index (χ2n) is 6.45. The molecule has 1 atom stereocenters. The first-order valence-electron chi connectivity index (χ1n) is 8.63. The zero-order valence-corrected chi connectivity index (χ0v) is 16.0. The van der Waals surface area contributed by atoms with Gasteiger partial charge < -0.3 is 14.7 Å². The van der Waals surface area contributed by atoms with Gasteiger partial charge in [-0.15, -0.1) is 0 Å². The third-order valence-corrected chi connectivity index (χ3v) is 5.01. The van der Waals surface area contributed by atoms with E-state index in [1.54, 1.807) is 42.5 Å². The van der Waals surface area contributed by atoms with Crippen LogP contribution in [0.4, 0.5) is 0 Å². The maximum absolute atomic E-state index is 12.2. The van der Waals surface area contributed by atoms with E-state index in [2.05, 4.69) is 0 Å². The molecule has 3 rings (SSSR count). The highest BCUT2D eigenvalue weighted by atomic mass is 35.5. The Hall–Kier alpha value is -2.24. The highest BCUT2D eigenvalue weighted by Crippen LogP contribution is 2.26. The summed E-state index contributed by atoms with van der Waals surface area (Å²) in [5.41, 5.74) is 1.24. The van der Waals surface area contributed by atoms with Crippen LogP contribution in [0.15, 0.2) is 42.5 Å². The third-order valence-electron chi connectivity index (χ3n) is 4.57. The van der Waals surface area contributed by atoms with Gasteiger partial charge in [-0.25, -0.2) is 4.79 Å². The maximum Gasteiger partial charge on any atom is 0.335 e. The molecule has 0 aliphatic carbocycles. The summed E-state index contributed by atoms with van der Waals surface area (Å²) in [7, 11) is 0. The molecule has 142 valence electrons. The van der Waals surface area contributed by atoms with Crippen LogP contribution in [0, 0.1) is 0 Å². The first kappa shape index (κ1) is 19.5.